The van der Waals surface area contributed by atoms with Crippen molar-refractivity contribution in [1.29, 1.82) is 0 Å². The Hall–Kier alpha value is -3.72. The van der Waals surface area contributed by atoms with Crippen molar-refractivity contribution in [3.63, 3.8) is 0 Å². The predicted molar refractivity (Wildman–Crippen MR) is 121 cm³/mol. The first kappa shape index (κ1) is 17.4. The second-order valence-corrected chi connectivity index (χ2v) is 7.40. The van der Waals surface area contributed by atoms with Crippen LogP contribution in [0.3, 0.4) is 0 Å². The first-order valence-corrected chi connectivity index (χ1v) is 9.77. The summed E-state index contributed by atoms with van der Waals surface area (Å²) in [5.41, 5.74) is 7.84. The lowest BCUT2D eigenvalue weighted by molar-refractivity contribution is 1.10. The van der Waals surface area contributed by atoms with Crippen LogP contribution in [-0.4, -0.2) is 9.97 Å². The van der Waals surface area contributed by atoms with Gasteiger partial charge in [0.1, 0.15) is 11.6 Å². The first-order valence-electron chi connectivity index (χ1n) is 9.77. The molecule has 0 spiro atoms. The van der Waals surface area contributed by atoms with Crippen molar-refractivity contribution >= 4 is 29.5 Å². The summed E-state index contributed by atoms with van der Waals surface area (Å²) in [5.74, 6) is 1.79. The second-order valence-electron chi connectivity index (χ2n) is 7.40. The molecule has 29 heavy (non-hydrogen) atoms. The third kappa shape index (κ3) is 3.11. The van der Waals surface area contributed by atoms with Crippen molar-refractivity contribution in [2.24, 2.45) is 0 Å². The van der Waals surface area contributed by atoms with Gasteiger partial charge in [0.05, 0.1) is 5.69 Å². The quantitative estimate of drug-likeness (QED) is 0.343. The maximum Gasteiger partial charge on any atom is 0.146 e. The van der Waals surface area contributed by atoms with Gasteiger partial charge in [0.15, 0.2) is 0 Å². The number of para-hydroxylation sites is 1. The van der Waals surface area contributed by atoms with Gasteiger partial charge in [-0.3, -0.25) is 4.90 Å². The van der Waals surface area contributed by atoms with Crippen molar-refractivity contribution in [2.75, 3.05) is 4.90 Å². The molecule has 140 valence electrons. The highest BCUT2D eigenvalue weighted by atomic mass is 15.2. The van der Waals surface area contributed by atoms with Gasteiger partial charge < -0.3 is 0 Å². The smallest absolute Gasteiger partial charge is 0.146 e. The molecule has 3 heteroatoms. The van der Waals surface area contributed by atoms with E-state index in [1.165, 1.54) is 5.56 Å². The first-order chi connectivity index (χ1) is 14.2. The van der Waals surface area contributed by atoms with Crippen molar-refractivity contribution in [2.45, 2.75) is 13.8 Å². The number of aromatic nitrogens is 2. The summed E-state index contributed by atoms with van der Waals surface area (Å²) in [6.45, 7) is 4.15. The fourth-order valence-corrected chi connectivity index (χ4v) is 3.83. The molecule has 0 aliphatic carbocycles. The molecule has 3 heterocycles. The maximum absolute atomic E-state index is 4.83. The van der Waals surface area contributed by atoms with Crippen molar-refractivity contribution in [1.82, 2.24) is 9.97 Å². The third-order valence-corrected chi connectivity index (χ3v) is 5.16. The molecule has 3 nitrogen and oxygen atoms in total. The zero-order valence-electron chi connectivity index (χ0n) is 16.5. The van der Waals surface area contributed by atoms with Crippen LogP contribution in [0.1, 0.15) is 22.3 Å². The van der Waals surface area contributed by atoms with Crippen LogP contribution in [0.25, 0.3) is 23.3 Å². The lowest BCUT2D eigenvalue weighted by atomic mass is 10.0. The Bertz CT molecular complexity index is 1170. The van der Waals surface area contributed by atoms with E-state index in [0.717, 1.165) is 45.1 Å². The highest BCUT2D eigenvalue weighted by molar-refractivity contribution is 5.94. The molecule has 0 radical (unpaired) electrons. The highest BCUT2D eigenvalue weighted by Crippen LogP contribution is 2.43. The molecular weight excluding hydrogens is 354 g/mol. The van der Waals surface area contributed by atoms with Gasteiger partial charge in [0, 0.05) is 29.1 Å². The van der Waals surface area contributed by atoms with Gasteiger partial charge in [-0.2, -0.15) is 0 Å². The Kier molecular flexibility index (Phi) is 4.21. The fourth-order valence-electron chi connectivity index (χ4n) is 3.83. The number of nitrogens with zero attached hydrogens (tertiary/aromatic N) is 3. The molecule has 0 atom stereocenters. The number of aryl methyl sites for hydroxylation is 2. The molecule has 0 unspecified atom stereocenters. The van der Waals surface area contributed by atoms with Crippen LogP contribution >= 0.6 is 0 Å². The number of hydrogen-bond donors (Lipinski definition) is 0. The zero-order valence-corrected chi connectivity index (χ0v) is 16.5. The average molecular weight is 375 g/mol. The summed E-state index contributed by atoms with van der Waals surface area (Å²) >= 11 is 0. The number of pyridine rings is 2. The average Bonchev–Trinajstić information content (AvgIpc) is 2.90. The maximum atomic E-state index is 4.83. The van der Waals surface area contributed by atoms with E-state index in [1.807, 2.05) is 18.5 Å². The van der Waals surface area contributed by atoms with Gasteiger partial charge in [0.2, 0.25) is 0 Å². The Balaban J connectivity index is 1.81. The number of rotatable bonds is 2. The van der Waals surface area contributed by atoms with Crippen LogP contribution in [0.5, 0.6) is 0 Å². The third-order valence-electron chi connectivity index (χ3n) is 5.16. The van der Waals surface area contributed by atoms with Gasteiger partial charge in [0.25, 0.3) is 0 Å². The van der Waals surface area contributed by atoms with Crippen LogP contribution in [0.15, 0.2) is 79.1 Å². The molecule has 0 saturated heterocycles. The Morgan fingerprint density at radius 2 is 1.21 bits per heavy atom. The number of fused-ring (bicyclic) bond motifs is 2. The van der Waals surface area contributed by atoms with Crippen molar-refractivity contribution in [3.8, 4) is 11.1 Å². The fraction of sp³-hybridized carbons (Fsp3) is 0.0769. The molecule has 0 N–H and O–H groups in total. The van der Waals surface area contributed by atoms with E-state index in [-0.39, 0.29) is 0 Å². The largest absolute Gasteiger partial charge is 0.277 e. The van der Waals surface area contributed by atoms with Gasteiger partial charge in [-0.25, -0.2) is 9.97 Å². The van der Waals surface area contributed by atoms with Gasteiger partial charge >= 0.3 is 0 Å². The minimum absolute atomic E-state index is 0.894. The molecule has 0 bridgehead atoms. The minimum atomic E-state index is 0.894. The summed E-state index contributed by atoms with van der Waals surface area (Å²) < 4.78 is 0. The van der Waals surface area contributed by atoms with E-state index in [0.29, 0.717) is 0 Å². The van der Waals surface area contributed by atoms with Gasteiger partial charge in [-0.1, -0.05) is 60.7 Å². The summed E-state index contributed by atoms with van der Waals surface area (Å²) in [6.07, 6.45) is 8.12. The molecule has 0 fully saturated rings. The Labute approximate surface area is 171 Å². The Morgan fingerprint density at radius 1 is 0.655 bits per heavy atom. The van der Waals surface area contributed by atoms with Gasteiger partial charge in [-0.15, -0.1) is 0 Å². The van der Waals surface area contributed by atoms with E-state index in [2.05, 4.69) is 91.6 Å². The molecule has 0 saturated carbocycles. The van der Waals surface area contributed by atoms with E-state index in [4.69, 9.17) is 9.97 Å². The zero-order chi connectivity index (χ0) is 19.8. The molecule has 4 aromatic rings. The molecule has 2 aromatic carbocycles. The van der Waals surface area contributed by atoms with Crippen LogP contribution in [-0.2, 0) is 0 Å². The van der Waals surface area contributed by atoms with Crippen LogP contribution in [0.4, 0.5) is 17.3 Å². The second kappa shape index (κ2) is 7.02. The van der Waals surface area contributed by atoms with E-state index in [1.54, 1.807) is 0 Å². The van der Waals surface area contributed by atoms with Crippen molar-refractivity contribution < 1.29 is 0 Å². The number of benzene rings is 2. The highest BCUT2D eigenvalue weighted by Gasteiger charge is 2.24. The number of hydrogen-bond acceptors (Lipinski definition) is 3. The molecule has 1 aliphatic rings. The van der Waals surface area contributed by atoms with E-state index >= 15 is 0 Å². The summed E-state index contributed by atoms with van der Waals surface area (Å²) in [6, 6.07) is 23.3. The van der Waals surface area contributed by atoms with E-state index < -0.39 is 0 Å². The lowest BCUT2D eigenvalue weighted by Gasteiger charge is -2.27. The van der Waals surface area contributed by atoms with Crippen LogP contribution in [0, 0.1) is 13.8 Å². The molecular formula is C26H21N3. The van der Waals surface area contributed by atoms with Crippen LogP contribution < -0.4 is 4.90 Å². The van der Waals surface area contributed by atoms with Crippen LogP contribution in [0.2, 0.25) is 0 Å². The SMILES string of the molecule is Cc1cnc2c(c1)C=Cc1cc(C)cnc1N2c1ccccc1-c1ccccc1. The normalized spacial score (nSPS) is 12.3. The predicted octanol–water partition coefficient (Wildman–Crippen LogP) is 6.71. The molecule has 0 amide bonds. The molecule has 5 rings (SSSR count). The molecule has 2 aromatic heterocycles. The minimum Gasteiger partial charge on any atom is -0.277 e. The standard InChI is InChI=1S/C26H21N3/c1-18-14-21-12-13-22-15-19(2)17-28-26(22)29(25(21)27-16-18)24-11-7-6-10-23(24)20-8-4-3-5-9-20/h3-17H,1-2H3. The number of anilines is 3. The summed E-state index contributed by atoms with van der Waals surface area (Å²) in [7, 11) is 0. The summed E-state index contributed by atoms with van der Waals surface area (Å²) in [5, 5.41) is 0. The summed E-state index contributed by atoms with van der Waals surface area (Å²) in [4.78, 5) is 11.8. The lowest BCUT2D eigenvalue weighted by Crippen LogP contribution is -2.16. The topological polar surface area (TPSA) is 29.0 Å². The van der Waals surface area contributed by atoms with Gasteiger partial charge in [-0.05, 0) is 48.7 Å². The van der Waals surface area contributed by atoms with Crippen molar-refractivity contribution in [3.05, 3.63) is 101 Å². The van der Waals surface area contributed by atoms with E-state index in [9.17, 15) is 0 Å². The monoisotopic (exact) mass is 375 g/mol. The molecule has 1 aliphatic heterocycles. The Morgan fingerprint density at radius 3 is 1.83 bits per heavy atom.